The van der Waals surface area contributed by atoms with E-state index in [-0.39, 0.29) is 0 Å². The van der Waals surface area contributed by atoms with E-state index in [0.717, 1.165) is 29.4 Å². The highest BCUT2D eigenvalue weighted by molar-refractivity contribution is 7.98. The molecule has 0 bridgehead atoms. The molecule has 0 saturated heterocycles. The molecule has 0 saturated carbocycles. The number of rotatable bonds is 7. The average molecular weight is 255 g/mol. The molecule has 17 heavy (non-hydrogen) atoms. The number of ether oxygens (including phenoxy) is 2. The van der Waals surface area contributed by atoms with E-state index >= 15 is 0 Å². The van der Waals surface area contributed by atoms with E-state index in [1.165, 1.54) is 0 Å². The summed E-state index contributed by atoms with van der Waals surface area (Å²) < 4.78 is 10.7. The molecule has 0 aromatic heterocycles. The van der Waals surface area contributed by atoms with Crippen molar-refractivity contribution in [2.45, 2.75) is 19.5 Å². The number of hydrogen-bond donors (Lipinski definition) is 1. The lowest BCUT2D eigenvalue weighted by Crippen LogP contribution is -2.27. The highest BCUT2D eigenvalue weighted by atomic mass is 32.2. The second-order valence-electron chi connectivity index (χ2n) is 3.89. The fourth-order valence-corrected chi connectivity index (χ4v) is 2.30. The van der Waals surface area contributed by atoms with Gasteiger partial charge < -0.3 is 14.8 Å². The molecule has 1 atom stereocenters. The zero-order valence-electron chi connectivity index (χ0n) is 10.9. The maximum absolute atomic E-state index is 5.39. The summed E-state index contributed by atoms with van der Waals surface area (Å²) in [6, 6.07) is 6.44. The normalized spacial score (nSPS) is 12.2. The van der Waals surface area contributed by atoms with Crippen LogP contribution in [0.3, 0.4) is 0 Å². The van der Waals surface area contributed by atoms with Crippen LogP contribution < -0.4 is 14.8 Å². The van der Waals surface area contributed by atoms with Gasteiger partial charge in [0.15, 0.2) is 11.5 Å². The number of methoxy groups -OCH3 is 2. The molecular formula is C13H21NO2S. The molecule has 3 nitrogen and oxygen atoms in total. The molecule has 1 N–H and O–H groups in total. The molecular weight excluding hydrogens is 234 g/mol. The molecule has 0 aliphatic rings. The van der Waals surface area contributed by atoms with Crippen LogP contribution in [0.15, 0.2) is 18.2 Å². The lowest BCUT2D eigenvalue weighted by atomic mass is 10.1. The van der Waals surface area contributed by atoms with Crippen molar-refractivity contribution in [1.29, 1.82) is 0 Å². The van der Waals surface area contributed by atoms with E-state index in [1.807, 2.05) is 23.9 Å². The summed E-state index contributed by atoms with van der Waals surface area (Å²) in [4.78, 5) is 0. The van der Waals surface area contributed by atoms with Gasteiger partial charge in [0.2, 0.25) is 0 Å². The van der Waals surface area contributed by atoms with Crippen molar-refractivity contribution < 1.29 is 9.47 Å². The monoisotopic (exact) mass is 255 g/mol. The van der Waals surface area contributed by atoms with Gasteiger partial charge in [-0.15, -0.1) is 0 Å². The Bertz CT molecular complexity index is 344. The topological polar surface area (TPSA) is 30.5 Å². The Morgan fingerprint density at radius 3 is 2.65 bits per heavy atom. The Kier molecular flexibility index (Phi) is 6.22. The van der Waals surface area contributed by atoms with E-state index in [2.05, 4.69) is 24.6 Å². The molecule has 1 rings (SSSR count). The minimum absolute atomic E-state index is 0.487. The second-order valence-corrected chi connectivity index (χ2v) is 4.80. The summed E-state index contributed by atoms with van der Waals surface area (Å²) in [5, 5.41) is 3.47. The lowest BCUT2D eigenvalue weighted by Gasteiger charge is -2.16. The maximum Gasteiger partial charge on any atom is 0.165 e. The maximum atomic E-state index is 5.39. The van der Waals surface area contributed by atoms with Gasteiger partial charge >= 0.3 is 0 Å². The fourth-order valence-electron chi connectivity index (χ4n) is 1.69. The first-order chi connectivity index (χ1) is 8.22. The van der Waals surface area contributed by atoms with Gasteiger partial charge in [0.25, 0.3) is 0 Å². The predicted octanol–water partition coefficient (Wildman–Crippen LogP) is 2.54. The van der Waals surface area contributed by atoms with Crippen LogP contribution >= 0.6 is 11.8 Å². The fraction of sp³-hybridized carbons (Fsp3) is 0.538. The van der Waals surface area contributed by atoms with Gasteiger partial charge in [-0.1, -0.05) is 12.1 Å². The largest absolute Gasteiger partial charge is 0.493 e. The molecule has 1 unspecified atom stereocenters. The van der Waals surface area contributed by atoms with Crippen molar-refractivity contribution in [2.75, 3.05) is 26.2 Å². The van der Waals surface area contributed by atoms with Crippen molar-refractivity contribution in [2.24, 2.45) is 0 Å². The summed E-state index contributed by atoms with van der Waals surface area (Å²) in [7, 11) is 3.33. The highest BCUT2D eigenvalue weighted by Crippen LogP contribution is 2.30. The van der Waals surface area contributed by atoms with Gasteiger partial charge in [-0.2, -0.15) is 11.8 Å². The third kappa shape index (κ3) is 4.13. The Morgan fingerprint density at radius 1 is 1.29 bits per heavy atom. The van der Waals surface area contributed by atoms with E-state index < -0.39 is 0 Å². The third-order valence-corrected chi connectivity index (χ3v) is 3.38. The van der Waals surface area contributed by atoms with Crippen LogP contribution in [-0.4, -0.2) is 32.3 Å². The molecule has 0 amide bonds. The zero-order chi connectivity index (χ0) is 12.7. The SMILES string of the molecule is COc1cccc(CNC(C)CSC)c1OC. The zero-order valence-corrected chi connectivity index (χ0v) is 11.8. The summed E-state index contributed by atoms with van der Waals surface area (Å²) in [6.45, 7) is 2.98. The van der Waals surface area contributed by atoms with Crippen molar-refractivity contribution in [3.63, 3.8) is 0 Å². The van der Waals surface area contributed by atoms with Crippen LogP contribution in [0.4, 0.5) is 0 Å². The first-order valence-corrected chi connectivity index (χ1v) is 7.04. The summed E-state index contributed by atoms with van der Waals surface area (Å²) in [5.41, 5.74) is 1.12. The first kappa shape index (κ1) is 14.2. The van der Waals surface area contributed by atoms with Crippen LogP contribution in [-0.2, 0) is 6.54 Å². The molecule has 0 fully saturated rings. The molecule has 0 aliphatic heterocycles. The Morgan fingerprint density at radius 2 is 2.06 bits per heavy atom. The van der Waals surface area contributed by atoms with E-state index in [9.17, 15) is 0 Å². The van der Waals surface area contributed by atoms with Gasteiger partial charge in [-0.05, 0) is 19.2 Å². The summed E-state index contributed by atoms with van der Waals surface area (Å²) in [6.07, 6.45) is 2.12. The molecule has 0 heterocycles. The molecule has 0 aliphatic carbocycles. The Labute approximate surface area is 108 Å². The number of thioether (sulfide) groups is 1. The quantitative estimate of drug-likeness (QED) is 0.811. The van der Waals surface area contributed by atoms with Crippen LogP contribution in [0, 0.1) is 0 Å². The van der Waals surface area contributed by atoms with E-state index in [0.29, 0.717) is 6.04 Å². The molecule has 0 radical (unpaired) electrons. The van der Waals surface area contributed by atoms with Gasteiger partial charge in [0.1, 0.15) is 0 Å². The van der Waals surface area contributed by atoms with Crippen molar-refractivity contribution >= 4 is 11.8 Å². The van der Waals surface area contributed by atoms with Crippen LogP contribution in [0.1, 0.15) is 12.5 Å². The minimum Gasteiger partial charge on any atom is -0.493 e. The van der Waals surface area contributed by atoms with Crippen LogP contribution in [0.25, 0.3) is 0 Å². The summed E-state index contributed by atoms with van der Waals surface area (Å²) >= 11 is 1.84. The lowest BCUT2D eigenvalue weighted by molar-refractivity contribution is 0.350. The average Bonchev–Trinajstić information content (AvgIpc) is 2.36. The Balaban J connectivity index is 2.70. The van der Waals surface area contributed by atoms with Crippen LogP contribution in [0.2, 0.25) is 0 Å². The number of benzene rings is 1. The van der Waals surface area contributed by atoms with Gasteiger partial charge in [-0.25, -0.2) is 0 Å². The van der Waals surface area contributed by atoms with Gasteiger partial charge in [0.05, 0.1) is 14.2 Å². The first-order valence-electron chi connectivity index (χ1n) is 5.65. The molecule has 0 spiro atoms. The second kappa shape index (κ2) is 7.45. The third-order valence-electron chi connectivity index (χ3n) is 2.54. The molecule has 4 heteroatoms. The minimum atomic E-state index is 0.487. The molecule has 1 aromatic rings. The van der Waals surface area contributed by atoms with E-state index in [1.54, 1.807) is 14.2 Å². The molecule has 1 aromatic carbocycles. The predicted molar refractivity (Wildman–Crippen MR) is 74.2 cm³/mol. The standard InChI is InChI=1S/C13H21NO2S/c1-10(9-17-4)14-8-11-6-5-7-12(15-2)13(11)16-3/h5-7,10,14H,8-9H2,1-4H3. The van der Waals surface area contributed by atoms with Crippen molar-refractivity contribution in [1.82, 2.24) is 5.32 Å². The Hall–Kier alpha value is -0.870. The van der Waals surface area contributed by atoms with Crippen molar-refractivity contribution in [3.05, 3.63) is 23.8 Å². The van der Waals surface area contributed by atoms with Crippen molar-refractivity contribution in [3.8, 4) is 11.5 Å². The van der Waals surface area contributed by atoms with E-state index in [4.69, 9.17) is 9.47 Å². The van der Waals surface area contributed by atoms with Gasteiger partial charge in [0, 0.05) is 23.9 Å². The number of nitrogens with one attached hydrogen (secondary N) is 1. The molecule has 96 valence electrons. The number of hydrogen-bond acceptors (Lipinski definition) is 4. The van der Waals surface area contributed by atoms with Crippen LogP contribution in [0.5, 0.6) is 11.5 Å². The smallest absolute Gasteiger partial charge is 0.165 e. The summed E-state index contributed by atoms with van der Waals surface area (Å²) in [5.74, 6) is 2.70. The van der Waals surface area contributed by atoms with Gasteiger partial charge in [-0.3, -0.25) is 0 Å². The number of para-hydroxylation sites is 1. The highest BCUT2D eigenvalue weighted by Gasteiger charge is 2.09.